The number of likely N-dealkylation sites (N-methyl/N-ethyl adjacent to an activating group) is 2. The van der Waals surface area contributed by atoms with Gasteiger partial charge in [-0.2, -0.15) is 0 Å². The zero-order valence-electron chi connectivity index (χ0n) is 14.5. The number of benzene rings is 2. The second kappa shape index (κ2) is 8.08. The number of hydrogen-bond donors (Lipinski definition) is 0. The maximum Gasteiger partial charge on any atom is 0.276 e. The molecule has 0 aliphatic carbocycles. The number of nitrogens with zero attached hydrogens (tertiary/aromatic N) is 2. The highest BCUT2D eigenvalue weighted by molar-refractivity contribution is 9.11. The summed E-state index contributed by atoms with van der Waals surface area (Å²) >= 11 is 12.2. The van der Waals surface area contributed by atoms with Gasteiger partial charge in [0, 0.05) is 14.1 Å². The van der Waals surface area contributed by atoms with Gasteiger partial charge in [0.05, 0.1) is 8.95 Å². The molecule has 1 aliphatic heterocycles. The van der Waals surface area contributed by atoms with Crippen LogP contribution < -0.4 is 4.74 Å². The van der Waals surface area contributed by atoms with Crippen LogP contribution in [0.15, 0.2) is 51.0 Å². The van der Waals surface area contributed by atoms with Crippen molar-refractivity contribution in [1.82, 2.24) is 9.80 Å². The monoisotopic (exact) mass is 512 g/mol. The highest BCUT2D eigenvalue weighted by Gasteiger charge is 2.32. The van der Waals surface area contributed by atoms with Gasteiger partial charge in [0.15, 0.2) is 5.11 Å². The first-order valence-electron chi connectivity index (χ1n) is 7.91. The number of amides is 1. The van der Waals surface area contributed by atoms with E-state index in [4.69, 9.17) is 17.0 Å². The summed E-state index contributed by atoms with van der Waals surface area (Å²) in [6, 6.07) is 9.96. The summed E-state index contributed by atoms with van der Waals surface area (Å²) in [5, 5.41) is 0.458. The van der Waals surface area contributed by atoms with Crippen molar-refractivity contribution < 1.29 is 13.9 Å². The molecule has 1 heterocycles. The Morgan fingerprint density at radius 1 is 1.15 bits per heavy atom. The predicted molar refractivity (Wildman–Crippen MR) is 114 cm³/mol. The second-order valence-corrected chi connectivity index (χ2v) is 8.04. The molecule has 2 aromatic rings. The molecule has 0 unspecified atom stereocenters. The van der Waals surface area contributed by atoms with Crippen LogP contribution in [0.2, 0.25) is 0 Å². The van der Waals surface area contributed by atoms with E-state index in [1.807, 2.05) is 12.1 Å². The summed E-state index contributed by atoms with van der Waals surface area (Å²) in [4.78, 5) is 15.4. The van der Waals surface area contributed by atoms with Gasteiger partial charge < -0.3 is 9.64 Å². The summed E-state index contributed by atoms with van der Waals surface area (Å²) in [6.07, 6.45) is 1.77. The van der Waals surface area contributed by atoms with E-state index in [2.05, 4.69) is 31.9 Å². The Kier molecular flexibility index (Phi) is 5.98. The molecule has 0 bridgehead atoms. The molecular weight excluding hydrogens is 499 g/mol. The average Bonchev–Trinajstić information content (AvgIpc) is 2.79. The quantitative estimate of drug-likeness (QED) is 0.427. The van der Waals surface area contributed by atoms with E-state index >= 15 is 0 Å². The van der Waals surface area contributed by atoms with Crippen molar-refractivity contribution in [2.24, 2.45) is 0 Å². The fourth-order valence-corrected chi connectivity index (χ4v) is 4.26. The molecule has 1 amide bonds. The average molecular weight is 514 g/mol. The Hall–Kier alpha value is -1.77. The molecule has 0 N–H and O–H groups in total. The van der Waals surface area contributed by atoms with Crippen molar-refractivity contribution in [3.63, 3.8) is 0 Å². The van der Waals surface area contributed by atoms with Crippen LogP contribution >= 0.6 is 44.1 Å². The number of carbonyl (C=O) groups is 1. The first-order valence-corrected chi connectivity index (χ1v) is 9.91. The van der Waals surface area contributed by atoms with Crippen molar-refractivity contribution in [2.75, 3.05) is 14.1 Å². The first kappa shape index (κ1) is 20.0. The van der Waals surface area contributed by atoms with Gasteiger partial charge in [-0.25, -0.2) is 4.39 Å². The van der Waals surface area contributed by atoms with Crippen LogP contribution in [0.3, 0.4) is 0 Å². The zero-order valence-corrected chi connectivity index (χ0v) is 18.5. The third-order valence-electron chi connectivity index (χ3n) is 4.06. The molecule has 27 heavy (non-hydrogen) atoms. The van der Waals surface area contributed by atoms with Crippen LogP contribution in [0.1, 0.15) is 11.1 Å². The Bertz CT molecular complexity index is 941. The lowest BCUT2D eigenvalue weighted by atomic mass is 10.1. The molecular formula is C19H15Br2FN2O2S. The van der Waals surface area contributed by atoms with E-state index < -0.39 is 0 Å². The number of ether oxygens (including phenoxy) is 1. The summed E-state index contributed by atoms with van der Waals surface area (Å²) in [7, 11) is 3.41. The zero-order chi connectivity index (χ0) is 19.7. The minimum absolute atomic E-state index is 0.152. The minimum Gasteiger partial charge on any atom is -0.487 e. The topological polar surface area (TPSA) is 32.8 Å². The van der Waals surface area contributed by atoms with Crippen molar-refractivity contribution in [3.05, 3.63) is 68.0 Å². The van der Waals surface area contributed by atoms with Gasteiger partial charge in [-0.3, -0.25) is 9.69 Å². The van der Waals surface area contributed by atoms with Crippen LogP contribution in [-0.4, -0.2) is 34.9 Å². The third kappa shape index (κ3) is 4.23. The number of rotatable bonds is 4. The molecule has 1 fully saturated rings. The van der Waals surface area contributed by atoms with Gasteiger partial charge in [0.1, 0.15) is 23.9 Å². The van der Waals surface area contributed by atoms with Gasteiger partial charge in [-0.15, -0.1) is 0 Å². The highest BCUT2D eigenvalue weighted by Crippen LogP contribution is 2.36. The van der Waals surface area contributed by atoms with Gasteiger partial charge in [0.2, 0.25) is 0 Å². The maximum absolute atomic E-state index is 13.3. The third-order valence-corrected chi connectivity index (χ3v) is 5.78. The molecule has 4 nitrogen and oxygen atoms in total. The van der Waals surface area contributed by atoms with Crippen molar-refractivity contribution in [1.29, 1.82) is 0 Å². The van der Waals surface area contributed by atoms with Crippen LogP contribution in [0.4, 0.5) is 4.39 Å². The summed E-state index contributed by atoms with van der Waals surface area (Å²) in [5.74, 6) is 0.144. The van der Waals surface area contributed by atoms with E-state index in [0.717, 1.165) is 11.1 Å². The lowest BCUT2D eigenvalue weighted by Crippen LogP contribution is -2.26. The lowest BCUT2D eigenvalue weighted by molar-refractivity contribution is -0.121. The minimum atomic E-state index is -0.301. The molecule has 0 spiro atoms. The Morgan fingerprint density at radius 2 is 1.81 bits per heavy atom. The predicted octanol–water partition coefficient (Wildman–Crippen LogP) is 4.96. The molecule has 1 saturated heterocycles. The molecule has 0 atom stereocenters. The Balaban J connectivity index is 1.84. The molecule has 0 radical (unpaired) electrons. The molecule has 140 valence electrons. The standard InChI is InChI=1S/C19H15Br2FN2O2S/c1-23-16(18(25)24(2)19(23)27)9-12-7-14(20)17(15(21)8-12)26-10-11-4-3-5-13(22)6-11/h3-9H,10H2,1-2H3/b16-9-. The lowest BCUT2D eigenvalue weighted by Gasteiger charge is -2.13. The summed E-state index contributed by atoms with van der Waals surface area (Å²) in [6.45, 7) is 0.232. The van der Waals surface area contributed by atoms with E-state index in [1.54, 1.807) is 37.2 Å². The second-order valence-electron chi connectivity index (χ2n) is 5.97. The summed E-state index contributed by atoms with van der Waals surface area (Å²) in [5.41, 5.74) is 2.03. The van der Waals surface area contributed by atoms with E-state index in [1.165, 1.54) is 17.0 Å². The summed E-state index contributed by atoms with van der Waals surface area (Å²) < 4.78 is 20.5. The molecule has 2 aromatic carbocycles. The molecule has 3 rings (SSSR count). The number of hydrogen-bond acceptors (Lipinski definition) is 3. The Morgan fingerprint density at radius 3 is 2.37 bits per heavy atom. The number of carbonyl (C=O) groups excluding carboxylic acids is 1. The van der Waals surface area contributed by atoms with Gasteiger partial charge in [0.25, 0.3) is 5.91 Å². The van der Waals surface area contributed by atoms with E-state index in [9.17, 15) is 9.18 Å². The number of halogens is 3. The normalized spacial score (nSPS) is 15.8. The molecule has 1 aliphatic rings. The van der Waals surface area contributed by atoms with Gasteiger partial charge >= 0.3 is 0 Å². The van der Waals surface area contributed by atoms with Crippen LogP contribution in [0.5, 0.6) is 5.75 Å². The maximum atomic E-state index is 13.3. The molecule has 0 aromatic heterocycles. The van der Waals surface area contributed by atoms with Crippen LogP contribution in [0, 0.1) is 5.82 Å². The van der Waals surface area contributed by atoms with Crippen molar-refractivity contribution >= 4 is 61.2 Å². The smallest absolute Gasteiger partial charge is 0.276 e. The van der Waals surface area contributed by atoms with E-state index in [0.29, 0.717) is 25.5 Å². The molecule has 8 heteroatoms. The fraction of sp³-hybridized carbons (Fsp3) is 0.158. The number of thiocarbonyl (C=S) groups is 1. The van der Waals surface area contributed by atoms with Crippen LogP contribution in [0.25, 0.3) is 6.08 Å². The van der Waals surface area contributed by atoms with E-state index in [-0.39, 0.29) is 18.3 Å². The largest absolute Gasteiger partial charge is 0.487 e. The van der Waals surface area contributed by atoms with Gasteiger partial charge in [-0.1, -0.05) is 12.1 Å². The molecule has 0 saturated carbocycles. The van der Waals surface area contributed by atoms with Crippen molar-refractivity contribution in [2.45, 2.75) is 6.61 Å². The highest BCUT2D eigenvalue weighted by atomic mass is 79.9. The fourth-order valence-electron chi connectivity index (χ4n) is 2.63. The van der Waals surface area contributed by atoms with Crippen LogP contribution in [-0.2, 0) is 11.4 Å². The first-order chi connectivity index (χ1) is 12.8. The van der Waals surface area contributed by atoms with Crippen molar-refractivity contribution in [3.8, 4) is 5.75 Å². The Labute approximate surface area is 178 Å². The SMILES string of the molecule is CN1C(=O)/C(=C/c2cc(Br)c(OCc3cccc(F)c3)c(Br)c2)N(C)C1=S. The van der Waals surface area contributed by atoms with Gasteiger partial charge in [-0.05, 0) is 85.5 Å².